The number of hydrogen-bond acceptors (Lipinski definition) is 5. The highest BCUT2D eigenvalue weighted by Crippen LogP contribution is 2.37. The Bertz CT molecular complexity index is 847. The molecule has 1 saturated heterocycles. The van der Waals surface area contributed by atoms with E-state index in [0.29, 0.717) is 13.0 Å². The third kappa shape index (κ3) is 2.33. The number of aliphatic hydroxyl groups is 1. The molecule has 0 spiro atoms. The molecule has 0 amide bonds. The Balaban J connectivity index is 1.80. The largest absolute Gasteiger partial charge is 0.391 e. The van der Waals surface area contributed by atoms with Gasteiger partial charge in [0, 0.05) is 13.6 Å². The minimum Gasteiger partial charge on any atom is -0.391 e. The van der Waals surface area contributed by atoms with E-state index in [4.69, 9.17) is 0 Å². The van der Waals surface area contributed by atoms with Crippen LogP contribution in [-0.4, -0.2) is 37.5 Å². The monoisotopic (exact) mass is 313 g/mol. The predicted octanol–water partition coefficient (Wildman–Crippen LogP) is 1.81. The number of aliphatic hydroxyl groups excluding tert-OH is 1. The summed E-state index contributed by atoms with van der Waals surface area (Å²) in [6.07, 6.45) is 3.37. The summed E-state index contributed by atoms with van der Waals surface area (Å²) in [7, 11) is 1.83. The van der Waals surface area contributed by atoms with E-state index in [1.807, 2.05) is 11.9 Å². The van der Waals surface area contributed by atoms with Crippen LogP contribution in [0.2, 0.25) is 0 Å². The molecule has 0 aliphatic carbocycles. The van der Waals surface area contributed by atoms with Gasteiger partial charge in [0.25, 0.3) is 0 Å². The highest BCUT2D eigenvalue weighted by atomic mass is 19.1. The fraction of sp³-hybridized carbons (Fsp3) is 0.312. The molecule has 0 bridgehead atoms. The van der Waals surface area contributed by atoms with Gasteiger partial charge in [-0.15, -0.1) is 0 Å². The average Bonchev–Trinajstić information content (AvgIpc) is 3.12. The van der Waals surface area contributed by atoms with Gasteiger partial charge in [-0.1, -0.05) is 12.1 Å². The fourth-order valence-corrected chi connectivity index (χ4v) is 3.23. The molecule has 3 heterocycles. The van der Waals surface area contributed by atoms with E-state index >= 15 is 0 Å². The zero-order chi connectivity index (χ0) is 16.0. The first-order valence-corrected chi connectivity index (χ1v) is 7.46. The van der Waals surface area contributed by atoms with Gasteiger partial charge in [0.05, 0.1) is 23.7 Å². The number of nitrogens with zero attached hydrogens (tertiary/aromatic N) is 5. The molecule has 23 heavy (non-hydrogen) atoms. The second kappa shape index (κ2) is 5.27. The summed E-state index contributed by atoms with van der Waals surface area (Å²) in [5.74, 6) is 0.476. The zero-order valence-corrected chi connectivity index (χ0v) is 12.6. The maximum absolute atomic E-state index is 13.2. The molecular formula is C16H16FN5O. The number of hydrogen-bond donors (Lipinski definition) is 1. The first-order valence-electron chi connectivity index (χ1n) is 7.46. The van der Waals surface area contributed by atoms with Gasteiger partial charge >= 0.3 is 0 Å². The Morgan fingerprint density at radius 2 is 2.00 bits per heavy atom. The van der Waals surface area contributed by atoms with E-state index in [1.165, 1.54) is 18.5 Å². The molecule has 2 atom stereocenters. The Labute approximate surface area is 132 Å². The Morgan fingerprint density at radius 1 is 1.22 bits per heavy atom. The minimum absolute atomic E-state index is 0.0519. The van der Waals surface area contributed by atoms with Crippen molar-refractivity contribution in [2.24, 2.45) is 7.05 Å². The lowest BCUT2D eigenvalue weighted by Crippen LogP contribution is -2.25. The van der Waals surface area contributed by atoms with E-state index in [-0.39, 0.29) is 11.9 Å². The number of aryl methyl sites for hydroxylation is 1. The van der Waals surface area contributed by atoms with E-state index in [0.717, 1.165) is 22.4 Å². The summed E-state index contributed by atoms with van der Waals surface area (Å²) in [6.45, 7) is 0.475. The van der Waals surface area contributed by atoms with Crippen LogP contribution in [0.4, 0.5) is 10.2 Å². The van der Waals surface area contributed by atoms with Crippen molar-refractivity contribution in [3.8, 4) is 0 Å². The molecule has 7 heteroatoms. The average molecular weight is 313 g/mol. The SMILES string of the molecule is Cn1ncc2c(N3CC(O)CC3c3ccc(F)cc3)ncnc21. The van der Waals surface area contributed by atoms with Gasteiger partial charge in [-0.05, 0) is 24.1 Å². The predicted molar refractivity (Wildman–Crippen MR) is 83.4 cm³/mol. The maximum atomic E-state index is 13.2. The lowest BCUT2D eigenvalue weighted by atomic mass is 10.0. The summed E-state index contributed by atoms with van der Waals surface area (Å²) >= 11 is 0. The Morgan fingerprint density at radius 3 is 2.78 bits per heavy atom. The van der Waals surface area contributed by atoms with Crippen molar-refractivity contribution >= 4 is 16.9 Å². The summed E-state index contributed by atoms with van der Waals surface area (Å²) < 4.78 is 14.9. The summed E-state index contributed by atoms with van der Waals surface area (Å²) in [5, 5.41) is 15.2. The number of fused-ring (bicyclic) bond motifs is 1. The van der Waals surface area contributed by atoms with Crippen LogP contribution < -0.4 is 4.90 Å². The first-order chi connectivity index (χ1) is 11.1. The van der Waals surface area contributed by atoms with Crippen LogP contribution in [0, 0.1) is 5.82 Å². The van der Waals surface area contributed by atoms with Crippen molar-refractivity contribution in [2.45, 2.75) is 18.6 Å². The van der Waals surface area contributed by atoms with E-state index in [1.54, 1.807) is 23.0 Å². The number of benzene rings is 1. The van der Waals surface area contributed by atoms with Crippen molar-refractivity contribution < 1.29 is 9.50 Å². The third-order valence-electron chi connectivity index (χ3n) is 4.31. The fourth-order valence-electron chi connectivity index (χ4n) is 3.23. The normalized spacial score (nSPS) is 21.3. The lowest BCUT2D eigenvalue weighted by Gasteiger charge is -2.26. The van der Waals surface area contributed by atoms with Crippen molar-refractivity contribution in [3.05, 3.63) is 48.2 Å². The van der Waals surface area contributed by atoms with Gasteiger partial charge in [-0.25, -0.2) is 14.4 Å². The van der Waals surface area contributed by atoms with Gasteiger partial charge < -0.3 is 10.0 Å². The number of β-amino-alcohol motifs (C(OH)–C–C–N with tert-alkyl or cyclic N) is 1. The van der Waals surface area contributed by atoms with Crippen LogP contribution in [0.1, 0.15) is 18.0 Å². The zero-order valence-electron chi connectivity index (χ0n) is 12.6. The lowest BCUT2D eigenvalue weighted by molar-refractivity contribution is 0.194. The van der Waals surface area contributed by atoms with Gasteiger partial charge in [0.1, 0.15) is 18.0 Å². The van der Waals surface area contributed by atoms with E-state index < -0.39 is 6.10 Å². The number of halogens is 1. The van der Waals surface area contributed by atoms with Crippen LogP contribution >= 0.6 is 0 Å². The topological polar surface area (TPSA) is 67.1 Å². The number of anilines is 1. The van der Waals surface area contributed by atoms with E-state index in [2.05, 4.69) is 15.1 Å². The van der Waals surface area contributed by atoms with E-state index in [9.17, 15) is 9.50 Å². The first kappa shape index (κ1) is 14.1. The molecule has 2 aromatic heterocycles. The van der Waals surface area contributed by atoms with Crippen molar-refractivity contribution in [3.63, 3.8) is 0 Å². The maximum Gasteiger partial charge on any atom is 0.163 e. The van der Waals surface area contributed by atoms with Gasteiger partial charge in [-0.3, -0.25) is 4.68 Å². The molecule has 1 aliphatic heterocycles. The molecule has 1 aliphatic rings. The summed E-state index contributed by atoms with van der Waals surface area (Å²) in [4.78, 5) is 10.7. The Kier molecular flexibility index (Phi) is 3.23. The standard InChI is InChI=1S/C16H16FN5O/c1-21-15-13(7-20-21)16(19-9-18-15)22-8-12(23)6-14(22)10-2-4-11(17)5-3-10/h2-5,7,9,12,14,23H,6,8H2,1H3. The molecule has 6 nitrogen and oxygen atoms in total. The second-order valence-electron chi connectivity index (χ2n) is 5.81. The van der Waals surface area contributed by atoms with Crippen molar-refractivity contribution in [1.29, 1.82) is 0 Å². The third-order valence-corrected chi connectivity index (χ3v) is 4.31. The van der Waals surface area contributed by atoms with Crippen molar-refractivity contribution in [2.75, 3.05) is 11.4 Å². The van der Waals surface area contributed by atoms with Crippen LogP contribution in [0.25, 0.3) is 11.0 Å². The molecule has 118 valence electrons. The smallest absolute Gasteiger partial charge is 0.163 e. The highest BCUT2D eigenvalue weighted by Gasteiger charge is 2.34. The number of aromatic nitrogens is 4. The van der Waals surface area contributed by atoms with Gasteiger partial charge in [-0.2, -0.15) is 5.10 Å². The summed E-state index contributed by atoms with van der Waals surface area (Å²) in [6, 6.07) is 6.35. The Hall–Kier alpha value is -2.54. The molecule has 1 fully saturated rings. The van der Waals surface area contributed by atoms with Gasteiger partial charge in [0.15, 0.2) is 5.65 Å². The molecular weight excluding hydrogens is 297 g/mol. The summed E-state index contributed by atoms with van der Waals surface area (Å²) in [5.41, 5.74) is 1.70. The van der Waals surface area contributed by atoms with Crippen LogP contribution in [-0.2, 0) is 7.05 Å². The highest BCUT2D eigenvalue weighted by molar-refractivity contribution is 5.87. The minimum atomic E-state index is -0.452. The molecule has 0 saturated carbocycles. The van der Waals surface area contributed by atoms with Crippen LogP contribution in [0.15, 0.2) is 36.8 Å². The molecule has 2 unspecified atom stereocenters. The quantitative estimate of drug-likeness (QED) is 0.781. The van der Waals surface area contributed by atoms with Gasteiger partial charge in [0.2, 0.25) is 0 Å². The van der Waals surface area contributed by atoms with Crippen LogP contribution in [0.5, 0.6) is 0 Å². The molecule has 0 radical (unpaired) electrons. The number of rotatable bonds is 2. The van der Waals surface area contributed by atoms with Crippen molar-refractivity contribution in [1.82, 2.24) is 19.7 Å². The van der Waals surface area contributed by atoms with Crippen LogP contribution in [0.3, 0.4) is 0 Å². The molecule has 1 aromatic carbocycles. The molecule has 3 aromatic rings. The molecule has 1 N–H and O–H groups in total. The second-order valence-corrected chi connectivity index (χ2v) is 5.81. The molecule has 4 rings (SSSR count).